The maximum absolute atomic E-state index is 6.80. The molecule has 0 aromatic heterocycles. The molecule has 0 aliphatic heterocycles. The number of fused-ring (bicyclic) bond motifs is 1. The van der Waals surface area contributed by atoms with Crippen molar-refractivity contribution in [3.8, 4) is 0 Å². The molecule has 31 heavy (non-hydrogen) atoms. The molecule has 2 rings (SSSR count). The predicted molar refractivity (Wildman–Crippen MR) is 140 cm³/mol. The van der Waals surface area contributed by atoms with E-state index in [0.717, 1.165) is 19.3 Å². The van der Waals surface area contributed by atoms with Gasteiger partial charge in [-0.3, -0.25) is 0 Å². The maximum atomic E-state index is 6.80. The Morgan fingerprint density at radius 1 is 0.677 bits per heavy atom. The molecule has 0 aliphatic carbocycles. The number of aryl methyl sites for hydroxylation is 1. The van der Waals surface area contributed by atoms with E-state index in [1.807, 2.05) is 0 Å². The van der Waals surface area contributed by atoms with Gasteiger partial charge in [-0.05, 0) is 46.7 Å². The van der Waals surface area contributed by atoms with E-state index in [9.17, 15) is 0 Å². The molecule has 0 amide bonds. The molecule has 1 atom stereocenters. The third-order valence-corrected chi connectivity index (χ3v) is 7.02. The molecular weight excluding hydrogens is 374 g/mol. The lowest BCUT2D eigenvalue weighted by Crippen LogP contribution is -2.14. The molecule has 174 valence electrons. The van der Waals surface area contributed by atoms with Gasteiger partial charge < -0.3 is 5.73 Å². The minimum absolute atomic E-state index is 0.166. The average molecular weight is 424 g/mol. The van der Waals surface area contributed by atoms with Crippen molar-refractivity contribution in [2.24, 2.45) is 5.73 Å². The third-order valence-electron chi connectivity index (χ3n) is 7.02. The first kappa shape index (κ1) is 25.9. The molecule has 0 spiro atoms. The molecule has 2 aromatic carbocycles. The lowest BCUT2D eigenvalue weighted by molar-refractivity contribution is 0.522. The van der Waals surface area contributed by atoms with Gasteiger partial charge in [-0.2, -0.15) is 0 Å². The monoisotopic (exact) mass is 423 g/mol. The second-order valence-corrected chi connectivity index (χ2v) is 9.49. The summed E-state index contributed by atoms with van der Waals surface area (Å²) in [5, 5.41) is 2.73. The Bertz CT molecular complexity index is 733. The molecule has 0 saturated carbocycles. The van der Waals surface area contributed by atoms with Crippen molar-refractivity contribution in [2.75, 3.05) is 0 Å². The summed E-state index contributed by atoms with van der Waals surface area (Å²) in [6, 6.07) is 11.4. The van der Waals surface area contributed by atoms with Gasteiger partial charge in [-0.1, -0.05) is 135 Å². The van der Waals surface area contributed by atoms with Crippen molar-refractivity contribution in [2.45, 2.75) is 130 Å². The molecule has 0 saturated heterocycles. The Balaban J connectivity index is 1.70. The number of nitrogens with two attached hydrogens (primary N) is 1. The normalized spacial score (nSPS) is 12.5. The van der Waals surface area contributed by atoms with Crippen LogP contribution in [0.5, 0.6) is 0 Å². The van der Waals surface area contributed by atoms with Crippen molar-refractivity contribution < 1.29 is 0 Å². The van der Waals surface area contributed by atoms with Crippen LogP contribution in [-0.2, 0) is 12.8 Å². The summed E-state index contributed by atoms with van der Waals surface area (Å²) in [7, 11) is 0. The molecule has 0 bridgehead atoms. The molecule has 1 heteroatoms. The molecule has 0 radical (unpaired) electrons. The topological polar surface area (TPSA) is 26.0 Å². The SMILES string of the molecule is CCCCCCCCCCCCCCCC(N)c1c(CC)c(CC)cc2ccccc12. The molecule has 1 unspecified atom stereocenters. The zero-order valence-corrected chi connectivity index (χ0v) is 20.9. The Hall–Kier alpha value is -1.34. The van der Waals surface area contributed by atoms with Crippen LogP contribution in [0.25, 0.3) is 10.8 Å². The zero-order chi connectivity index (χ0) is 22.3. The lowest BCUT2D eigenvalue weighted by atomic mass is 9.86. The molecule has 1 nitrogen and oxygen atoms in total. The quantitative estimate of drug-likeness (QED) is 0.252. The minimum Gasteiger partial charge on any atom is -0.324 e. The van der Waals surface area contributed by atoms with E-state index >= 15 is 0 Å². The molecular formula is C30H49N. The first-order valence-corrected chi connectivity index (χ1v) is 13.5. The summed E-state index contributed by atoms with van der Waals surface area (Å²) in [4.78, 5) is 0. The lowest BCUT2D eigenvalue weighted by Gasteiger charge is -2.22. The summed E-state index contributed by atoms with van der Waals surface area (Å²) in [5.41, 5.74) is 11.2. The van der Waals surface area contributed by atoms with Crippen molar-refractivity contribution in [1.82, 2.24) is 0 Å². The summed E-state index contributed by atoms with van der Waals surface area (Å²) in [5.74, 6) is 0. The Labute approximate surface area is 193 Å². The highest BCUT2D eigenvalue weighted by atomic mass is 14.6. The summed E-state index contributed by atoms with van der Waals surface area (Å²) in [6.45, 7) is 6.84. The fourth-order valence-corrected chi connectivity index (χ4v) is 5.16. The maximum Gasteiger partial charge on any atom is 0.0303 e. The van der Waals surface area contributed by atoms with E-state index in [-0.39, 0.29) is 6.04 Å². The Kier molecular flexibility index (Phi) is 12.9. The minimum atomic E-state index is 0.166. The van der Waals surface area contributed by atoms with E-state index in [1.165, 1.54) is 111 Å². The highest BCUT2D eigenvalue weighted by molar-refractivity contribution is 5.88. The first-order valence-electron chi connectivity index (χ1n) is 13.5. The van der Waals surface area contributed by atoms with Gasteiger partial charge in [0.05, 0.1) is 0 Å². The van der Waals surface area contributed by atoms with Crippen molar-refractivity contribution in [1.29, 1.82) is 0 Å². The molecule has 0 aliphatic rings. The number of hydrogen-bond donors (Lipinski definition) is 1. The zero-order valence-electron chi connectivity index (χ0n) is 20.9. The summed E-state index contributed by atoms with van der Waals surface area (Å²) < 4.78 is 0. The van der Waals surface area contributed by atoms with Crippen LogP contribution in [0.4, 0.5) is 0 Å². The number of benzene rings is 2. The number of rotatable bonds is 17. The summed E-state index contributed by atoms with van der Waals surface area (Å²) >= 11 is 0. The van der Waals surface area contributed by atoms with E-state index in [0.29, 0.717) is 0 Å². The van der Waals surface area contributed by atoms with Gasteiger partial charge in [0, 0.05) is 6.04 Å². The van der Waals surface area contributed by atoms with Crippen LogP contribution < -0.4 is 5.73 Å². The van der Waals surface area contributed by atoms with Crippen LogP contribution in [0, 0.1) is 0 Å². The second kappa shape index (κ2) is 15.5. The van der Waals surface area contributed by atoms with E-state index in [2.05, 4.69) is 51.1 Å². The van der Waals surface area contributed by atoms with Gasteiger partial charge in [0.1, 0.15) is 0 Å². The van der Waals surface area contributed by atoms with Crippen molar-refractivity contribution in [3.05, 3.63) is 47.0 Å². The fraction of sp³-hybridized carbons (Fsp3) is 0.667. The first-order chi connectivity index (χ1) is 15.2. The van der Waals surface area contributed by atoms with Gasteiger partial charge in [0.2, 0.25) is 0 Å². The van der Waals surface area contributed by atoms with Gasteiger partial charge >= 0.3 is 0 Å². The Morgan fingerprint density at radius 2 is 1.23 bits per heavy atom. The number of hydrogen-bond acceptors (Lipinski definition) is 1. The largest absolute Gasteiger partial charge is 0.324 e. The van der Waals surface area contributed by atoms with E-state index in [4.69, 9.17) is 5.73 Å². The van der Waals surface area contributed by atoms with Gasteiger partial charge in [0.15, 0.2) is 0 Å². The molecule has 0 fully saturated rings. The van der Waals surface area contributed by atoms with Crippen molar-refractivity contribution in [3.63, 3.8) is 0 Å². The molecule has 2 aromatic rings. The van der Waals surface area contributed by atoms with Crippen LogP contribution in [0.1, 0.15) is 133 Å². The average Bonchev–Trinajstić information content (AvgIpc) is 2.80. The summed E-state index contributed by atoms with van der Waals surface area (Å²) in [6.07, 6.45) is 21.5. The van der Waals surface area contributed by atoms with Crippen LogP contribution in [-0.4, -0.2) is 0 Å². The van der Waals surface area contributed by atoms with Crippen LogP contribution in [0.15, 0.2) is 30.3 Å². The second-order valence-electron chi connectivity index (χ2n) is 9.49. The van der Waals surface area contributed by atoms with Crippen LogP contribution >= 0.6 is 0 Å². The molecule has 0 heterocycles. The number of unbranched alkanes of at least 4 members (excludes halogenated alkanes) is 12. The van der Waals surface area contributed by atoms with E-state index in [1.54, 1.807) is 0 Å². The molecule has 2 N–H and O–H groups in total. The van der Waals surface area contributed by atoms with Crippen molar-refractivity contribution >= 4 is 10.8 Å². The Morgan fingerprint density at radius 3 is 1.77 bits per heavy atom. The standard InChI is InChI=1S/C30H49N/c1-4-7-8-9-10-11-12-13-14-15-16-17-18-23-29(31)30-27(6-3)25(5-2)24-26-21-19-20-22-28(26)30/h19-22,24,29H,4-18,23,31H2,1-3H3. The van der Waals surface area contributed by atoms with Gasteiger partial charge in [-0.15, -0.1) is 0 Å². The van der Waals surface area contributed by atoms with Gasteiger partial charge in [-0.25, -0.2) is 0 Å². The fourth-order valence-electron chi connectivity index (χ4n) is 5.16. The highest BCUT2D eigenvalue weighted by Gasteiger charge is 2.17. The highest BCUT2D eigenvalue weighted by Crippen LogP contribution is 2.33. The predicted octanol–water partition coefficient (Wildman–Crippen LogP) is 9.45. The third kappa shape index (κ3) is 8.60. The van der Waals surface area contributed by atoms with Gasteiger partial charge in [0.25, 0.3) is 0 Å². The van der Waals surface area contributed by atoms with Crippen LogP contribution in [0.2, 0.25) is 0 Å². The van der Waals surface area contributed by atoms with E-state index < -0.39 is 0 Å². The van der Waals surface area contributed by atoms with Crippen LogP contribution in [0.3, 0.4) is 0 Å². The smallest absolute Gasteiger partial charge is 0.0303 e.